The van der Waals surface area contributed by atoms with Crippen LogP contribution in [-0.2, 0) is 16.0 Å². The van der Waals surface area contributed by atoms with Crippen molar-refractivity contribution >= 4 is 17.7 Å². The van der Waals surface area contributed by atoms with Crippen LogP contribution in [0.1, 0.15) is 64.6 Å². The van der Waals surface area contributed by atoms with Gasteiger partial charge in [-0.05, 0) is 60.9 Å². The van der Waals surface area contributed by atoms with Gasteiger partial charge >= 0.3 is 0 Å². The quantitative estimate of drug-likeness (QED) is 0.487. The Kier molecular flexibility index (Phi) is 7.98. The van der Waals surface area contributed by atoms with Crippen LogP contribution in [0.2, 0.25) is 0 Å². The van der Waals surface area contributed by atoms with Gasteiger partial charge in [-0.2, -0.15) is 0 Å². The summed E-state index contributed by atoms with van der Waals surface area (Å²) >= 11 is 0. The van der Waals surface area contributed by atoms with Gasteiger partial charge in [0.1, 0.15) is 17.6 Å². The molecule has 2 fully saturated rings. The van der Waals surface area contributed by atoms with Gasteiger partial charge in [-0.15, -0.1) is 0 Å². The lowest BCUT2D eigenvalue weighted by molar-refractivity contribution is -0.128. The summed E-state index contributed by atoms with van der Waals surface area (Å²) in [4.78, 5) is 43.9. The van der Waals surface area contributed by atoms with E-state index in [4.69, 9.17) is 4.74 Å². The standard InChI is InChI=1S/C32H34FN3O4/c1-3-23-9-11-25(12-10-23)30(38)35-19-17-32(18-20-35)36(31(39)26-13-15-27(33)16-14-26)28(21-40-32)29(37)34-22(2)24-7-5-4-6-8-24/h4-16,22,28H,3,17-21H2,1-2H3,(H,34,37)/t22-,28+/m0/s1. The van der Waals surface area contributed by atoms with E-state index < -0.39 is 23.5 Å². The highest BCUT2D eigenvalue weighted by atomic mass is 19.1. The van der Waals surface area contributed by atoms with Gasteiger partial charge < -0.3 is 15.0 Å². The fourth-order valence-corrected chi connectivity index (χ4v) is 5.56. The Hall–Kier alpha value is -4.04. The van der Waals surface area contributed by atoms with E-state index in [2.05, 4.69) is 12.2 Å². The highest BCUT2D eigenvalue weighted by Crippen LogP contribution is 2.39. The van der Waals surface area contributed by atoms with Crippen molar-refractivity contribution in [1.29, 1.82) is 0 Å². The Morgan fingerprint density at radius 3 is 2.15 bits per heavy atom. The molecule has 3 aromatic carbocycles. The largest absolute Gasteiger partial charge is 0.353 e. The van der Waals surface area contributed by atoms with Gasteiger partial charge in [0.2, 0.25) is 5.91 Å². The minimum absolute atomic E-state index is 0.0344. The van der Waals surface area contributed by atoms with Crippen LogP contribution in [0.15, 0.2) is 78.9 Å². The number of nitrogens with zero attached hydrogens (tertiary/aromatic N) is 2. The molecule has 3 aromatic rings. The second-order valence-corrected chi connectivity index (χ2v) is 10.4. The first-order chi connectivity index (χ1) is 19.3. The number of benzene rings is 3. The monoisotopic (exact) mass is 543 g/mol. The molecule has 40 heavy (non-hydrogen) atoms. The zero-order chi connectivity index (χ0) is 28.3. The van der Waals surface area contributed by atoms with E-state index in [0.29, 0.717) is 31.5 Å². The summed E-state index contributed by atoms with van der Waals surface area (Å²) in [6.07, 6.45) is 1.61. The normalized spacial score (nSPS) is 18.9. The van der Waals surface area contributed by atoms with Crippen molar-refractivity contribution in [1.82, 2.24) is 15.1 Å². The summed E-state index contributed by atoms with van der Waals surface area (Å²) in [7, 11) is 0. The van der Waals surface area contributed by atoms with Crippen molar-refractivity contribution in [2.75, 3.05) is 19.7 Å². The number of carbonyl (C=O) groups is 3. The van der Waals surface area contributed by atoms with Gasteiger partial charge in [-0.25, -0.2) is 4.39 Å². The van der Waals surface area contributed by atoms with Crippen molar-refractivity contribution < 1.29 is 23.5 Å². The zero-order valence-corrected chi connectivity index (χ0v) is 22.8. The number of nitrogens with one attached hydrogen (secondary N) is 1. The minimum atomic E-state index is -1.05. The van der Waals surface area contributed by atoms with E-state index in [1.54, 1.807) is 4.90 Å². The van der Waals surface area contributed by atoms with E-state index in [9.17, 15) is 18.8 Å². The maximum Gasteiger partial charge on any atom is 0.256 e. The van der Waals surface area contributed by atoms with Crippen LogP contribution in [0.4, 0.5) is 4.39 Å². The second-order valence-electron chi connectivity index (χ2n) is 10.4. The van der Waals surface area contributed by atoms with Gasteiger partial charge in [0, 0.05) is 37.1 Å². The first-order valence-corrected chi connectivity index (χ1v) is 13.8. The van der Waals surface area contributed by atoms with E-state index >= 15 is 0 Å². The Morgan fingerprint density at radius 1 is 0.925 bits per heavy atom. The molecule has 2 heterocycles. The van der Waals surface area contributed by atoms with E-state index in [-0.39, 0.29) is 30.0 Å². The summed E-state index contributed by atoms with van der Waals surface area (Å²) in [5.41, 5.74) is 1.95. The summed E-state index contributed by atoms with van der Waals surface area (Å²) < 4.78 is 19.9. The lowest BCUT2D eigenvalue weighted by Gasteiger charge is -2.44. The maximum absolute atomic E-state index is 13.9. The molecule has 7 nitrogen and oxygen atoms in total. The first-order valence-electron chi connectivity index (χ1n) is 13.8. The average molecular weight is 544 g/mol. The van der Waals surface area contributed by atoms with Gasteiger partial charge in [0.05, 0.1) is 12.6 Å². The molecule has 2 atom stereocenters. The van der Waals surface area contributed by atoms with Gasteiger partial charge in [-0.3, -0.25) is 19.3 Å². The van der Waals surface area contributed by atoms with Gasteiger partial charge in [0.25, 0.3) is 11.8 Å². The molecule has 0 bridgehead atoms. The molecule has 0 radical (unpaired) electrons. The third-order valence-electron chi connectivity index (χ3n) is 7.97. The summed E-state index contributed by atoms with van der Waals surface area (Å²) in [5, 5.41) is 3.03. The molecule has 208 valence electrons. The van der Waals surface area contributed by atoms with Crippen molar-refractivity contribution in [3.05, 3.63) is 107 Å². The SMILES string of the molecule is CCc1ccc(C(=O)N2CCC3(CC2)OC[C@H](C(=O)N[C@@H](C)c2ccccc2)N3C(=O)c2ccc(F)cc2)cc1. The zero-order valence-electron chi connectivity index (χ0n) is 22.8. The smallest absolute Gasteiger partial charge is 0.256 e. The van der Waals surface area contributed by atoms with Gasteiger partial charge in [-0.1, -0.05) is 49.4 Å². The van der Waals surface area contributed by atoms with Gasteiger partial charge in [0.15, 0.2) is 0 Å². The van der Waals surface area contributed by atoms with Crippen LogP contribution >= 0.6 is 0 Å². The number of halogens is 1. The molecule has 3 amide bonds. The van der Waals surface area contributed by atoms with Crippen LogP contribution in [0.3, 0.4) is 0 Å². The molecular weight excluding hydrogens is 509 g/mol. The summed E-state index contributed by atoms with van der Waals surface area (Å²) in [5.74, 6) is -1.25. The molecule has 2 aliphatic heterocycles. The van der Waals surface area contributed by atoms with Crippen molar-refractivity contribution in [2.45, 2.75) is 50.9 Å². The van der Waals surface area contributed by atoms with Crippen LogP contribution in [0.25, 0.3) is 0 Å². The number of ether oxygens (including phenoxy) is 1. The molecule has 0 aliphatic carbocycles. The second kappa shape index (κ2) is 11.6. The first kappa shape index (κ1) is 27.5. The van der Waals surface area contributed by atoms with Crippen LogP contribution in [-0.4, -0.2) is 59.0 Å². The van der Waals surface area contributed by atoms with Crippen molar-refractivity contribution in [3.8, 4) is 0 Å². The number of piperidine rings is 1. The van der Waals surface area contributed by atoms with Crippen LogP contribution in [0.5, 0.6) is 0 Å². The minimum Gasteiger partial charge on any atom is -0.353 e. The average Bonchev–Trinajstić information content (AvgIpc) is 3.36. The molecule has 8 heteroatoms. The number of carbonyl (C=O) groups excluding carboxylic acids is 3. The maximum atomic E-state index is 13.9. The predicted octanol–water partition coefficient (Wildman–Crippen LogP) is 4.74. The van der Waals surface area contributed by atoms with Crippen LogP contribution < -0.4 is 5.32 Å². The Morgan fingerprint density at radius 2 is 1.52 bits per heavy atom. The highest BCUT2D eigenvalue weighted by molar-refractivity contribution is 5.98. The molecule has 0 unspecified atom stereocenters. The lowest BCUT2D eigenvalue weighted by Crippen LogP contribution is -2.60. The molecule has 0 aromatic heterocycles. The predicted molar refractivity (Wildman–Crippen MR) is 149 cm³/mol. The molecule has 1 spiro atoms. The number of hydrogen-bond acceptors (Lipinski definition) is 4. The molecule has 2 aliphatic rings. The summed E-state index contributed by atoms with van der Waals surface area (Å²) in [6, 6.07) is 21.4. The van der Waals surface area contributed by atoms with Crippen molar-refractivity contribution in [3.63, 3.8) is 0 Å². The lowest BCUT2D eigenvalue weighted by atomic mass is 9.95. The number of hydrogen-bond donors (Lipinski definition) is 1. The molecule has 1 N–H and O–H groups in total. The topological polar surface area (TPSA) is 79.0 Å². The highest BCUT2D eigenvalue weighted by Gasteiger charge is 2.54. The fourth-order valence-electron chi connectivity index (χ4n) is 5.56. The number of aryl methyl sites for hydroxylation is 1. The third kappa shape index (κ3) is 5.49. The Balaban J connectivity index is 1.36. The van der Waals surface area contributed by atoms with E-state index in [1.807, 2.05) is 61.5 Å². The summed E-state index contributed by atoms with van der Waals surface area (Å²) in [6.45, 7) is 4.73. The van der Waals surface area contributed by atoms with E-state index in [0.717, 1.165) is 17.5 Å². The molecule has 2 saturated heterocycles. The number of amides is 3. The van der Waals surface area contributed by atoms with Crippen LogP contribution in [0, 0.1) is 5.82 Å². The van der Waals surface area contributed by atoms with Crippen molar-refractivity contribution in [2.24, 2.45) is 0 Å². The fraction of sp³-hybridized carbons (Fsp3) is 0.344. The Labute approximate surface area is 233 Å². The number of rotatable bonds is 6. The molecule has 0 saturated carbocycles. The van der Waals surface area contributed by atoms with E-state index in [1.165, 1.54) is 29.2 Å². The third-order valence-corrected chi connectivity index (χ3v) is 7.97. The molecule has 5 rings (SSSR count). The Bertz CT molecular complexity index is 1350. The molecular formula is C32H34FN3O4. The number of likely N-dealkylation sites (tertiary alicyclic amines) is 1.